The number of alkyl carbamates (subject to hydrolysis) is 2. The third-order valence-corrected chi connectivity index (χ3v) is 6.14. The molecule has 3 rings (SSSR count). The van der Waals surface area contributed by atoms with Crippen molar-refractivity contribution in [1.82, 2.24) is 15.2 Å². The highest BCUT2D eigenvalue weighted by Gasteiger charge is 2.29. The number of ether oxygens (including phenoxy) is 3. The van der Waals surface area contributed by atoms with Gasteiger partial charge >= 0.3 is 18.2 Å². The van der Waals surface area contributed by atoms with E-state index >= 15 is 0 Å². The molecule has 3 heterocycles. The Hall–Kier alpha value is -2.83. The van der Waals surface area contributed by atoms with Crippen LogP contribution < -0.4 is 39.2 Å². The molecular weight excluding hydrogens is 615 g/mol. The van der Waals surface area contributed by atoms with E-state index < -0.39 is 12.2 Å². The van der Waals surface area contributed by atoms with Gasteiger partial charge in [0, 0.05) is 47.9 Å². The molecule has 0 aliphatic carbocycles. The average Bonchev–Trinajstić information content (AvgIpc) is 3.43. The third kappa shape index (κ3) is 9.40. The summed E-state index contributed by atoms with van der Waals surface area (Å²) in [5.41, 5.74) is 4.52. The minimum absolute atomic E-state index is 0. The zero-order valence-electron chi connectivity index (χ0n) is 23.5. The number of hydrogen-bond donors (Lipinski definition) is 2. The molecule has 1 aliphatic heterocycles. The molecule has 0 aromatic carbocycles. The van der Waals surface area contributed by atoms with Crippen LogP contribution in [0.25, 0.3) is 11.3 Å². The van der Waals surface area contributed by atoms with Gasteiger partial charge in [-0.25, -0.2) is 9.59 Å². The number of halogens is 1. The second-order valence-corrected chi connectivity index (χ2v) is 10.1. The smallest absolute Gasteiger partial charge is 0.407 e. The zero-order valence-corrected chi connectivity index (χ0v) is 25.7. The lowest BCUT2D eigenvalue weighted by molar-refractivity contribution is -0.727. The van der Waals surface area contributed by atoms with Crippen LogP contribution in [0.15, 0.2) is 24.5 Å². The van der Waals surface area contributed by atoms with Crippen LogP contribution in [-0.4, -0.2) is 34.8 Å². The summed E-state index contributed by atoms with van der Waals surface area (Å²) >= 11 is 0. The second kappa shape index (κ2) is 15.7. The Morgan fingerprint density at radius 3 is 2.26 bits per heavy atom. The summed E-state index contributed by atoms with van der Waals surface area (Å²) in [7, 11) is 0. The number of pyridine rings is 1. The molecule has 0 unspecified atom stereocenters. The largest absolute Gasteiger partial charge is 1.00 e. The Morgan fingerprint density at radius 1 is 1.00 bits per heavy atom. The van der Waals surface area contributed by atoms with E-state index in [2.05, 4.69) is 15.2 Å². The molecule has 1 aliphatic rings. The van der Waals surface area contributed by atoms with Crippen LogP contribution in [0.3, 0.4) is 0 Å². The first kappa shape index (κ1) is 32.4. The summed E-state index contributed by atoms with van der Waals surface area (Å²) in [5, 5.41) is 5.49. The Balaban J connectivity index is 0.00000533. The standard InChI is InChI=1S/C28H40N4O6.HI/c1-6-7-12-25(33)38-18-31-13-8-10-21(15-31)26-23(17-37-28(35)30-20(4)5)22(24-11-9-14-32(24)26)16-36-27(34)29-19(2)3;/h8,10,13,15,19-20H,6-7,9,11-12,14,16-18H2,1-5H3,(H-,29,30,34,35);1H. The van der Waals surface area contributed by atoms with E-state index in [1.165, 1.54) is 0 Å². The van der Waals surface area contributed by atoms with Crippen molar-refractivity contribution in [1.29, 1.82) is 0 Å². The zero-order chi connectivity index (χ0) is 27.7. The van der Waals surface area contributed by atoms with Gasteiger partial charge in [-0.05, 0) is 53.0 Å². The molecule has 0 atom stereocenters. The normalized spacial score (nSPS) is 12.1. The first-order chi connectivity index (χ1) is 18.2. The highest BCUT2D eigenvalue weighted by atomic mass is 127. The van der Waals surface area contributed by atoms with Crippen LogP contribution in [0.2, 0.25) is 0 Å². The fraction of sp³-hybridized carbons (Fsp3) is 0.571. The topological polar surface area (TPSA) is 112 Å². The molecule has 2 N–H and O–H groups in total. The van der Waals surface area contributed by atoms with E-state index in [0.29, 0.717) is 6.42 Å². The number of hydrogen-bond acceptors (Lipinski definition) is 6. The van der Waals surface area contributed by atoms with Gasteiger partial charge in [0.2, 0.25) is 0 Å². The molecule has 10 nitrogen and oxygen atoms in total. The Morgan fingerprint density at radius 2 is 1.64 bits per heavy atom. The molecule has 39 heavy (non-hydrogen) atoms. The lowest BCUT2D eigenvalue weighted by Crippen LogP contribution is -3.00. The maximum atomic E-state index is 12.3. The van der Waals surface area contributed by atoms with Gasteiger partial charge < -0.3 is 53.4 Å². The summed E-state index contributed by atoms with van der Waals surface area (Å²) in [6.45, 7) is 10.5. The van der Waals surface area contributed by atoms with Crippen molar-refractivity contribution < 1.29 is 57.1 Å². The number of aromatic nitrogens is 2. The van der Waals surface area contributed by atoms with Crippen molar-refractivity contribution in [2.24, 2.45) is 0 Å². The lowest BCUT2D eigenvalue weighted by Gasteiger charge is -2.14. The SMILES string of the molecule is CCCCC(=O)OC[n+]1cccc(-c2c(COC(=O)NC(C)C)c(COC(=O)NC(C)C)c3n2CCC3)c1.[I-]. The first-order valence-corrected chi connectivity index (χ1v) is 13.4. The number of carbonyl (C=O) groups is 3. The molecule has 0 saturated heterocycles. The molecule has 216 valence electrons. The molecule has 0 bridgehead atoms. The summed E-state index contributed by atoms with van der Waals surface area (Å²) in [4.78, 5) is 36.6. The number of amides is 2. The van der Waals surface area contributed by atoms with E-state index in [1.54, 1.807) is 0 Å². The highest BCUT2D eigenvalue weighted by Crippen LogP contribution is 2.36. The van der Waals surface area contributed by atoms with Crippen LogP contribution in [0.5, 0.6) is 0 Å². The van der Waals surface area contributed by atoms with Crippen molar-refractivity contribution in [3.8, 4) is 11.3 Å². The number of rotatable bonds is 12. The Kier molecular flexibility index (Phi) is 13.0. The van der Waals surface area contributed by atoms with E-state index in [9.17, 15) is 14.4 Å². The highest BCUT2D eigenvalue weighted by molar-refractivity contribution is 5.71. The molecular formula is C28H41IN4O6. The Bertz CT molecular complexity index is 1130. The minimum Gasteiger partial charge on any atom is -1.00 e. The van der Waals surface area contributed by atoms with Gasteiger partial charge in [0.05, 0.1) is 11.3 Å². The van der Waals surface area contributed by atoms with E-state index in [4.69, 9.17) is 14.2 Å². The second-order valence-electron chi connectivity index (χ2n) is 10.1. The van der Waals surface area contributed by atoms with Gasteiger partial charge in [0.15, 0.2) is 12.4 Å². The predicted molar refractivity (Wildman–Crippen MR) is 141 cm³/mol. The number of unbranched alkanes of at least 4 members (excludes halogenated alkanes) is 1. The molecule has 0 spiro atoms. The molecule has 11 heteroatoms. The van der Waals surface area contributed by atoms with Gasteiger partial charge in [-0.1, -0.05) is 13.3 Å². The van der Waals surface area contributed by atoms with Crippen LogP contribution in [-0.2, 0) is 51.9 Å². The monoisotopic (exact) mass is 656 g/mol. The number of nitrogens with zero attached hydrogens (tertiary/aromatic N) is 2. The van der Waals surface area contributed by atoms with Crippen molar-refractivity contribution in [2.75, 3.05) is 0 Å². The van der Waals surface area contributed by atoms with Crippen molar-refractivity contribution in [2.45, 2.75) is 105 Å². The van der Waals surface area contributed by atoms with Crippen LogP contribution >= 0.6 is 0 Å². The maximum absolute atomic E-state index is 12.3. The number of nitrogens with one attached hydrogen (secondary N) is 2. The molecule has 2 aromatic heterocycles. The number of carbonyl (C=O) groups excluding carboxylic acids is 3. The van der Waals surface area contributed by atoms with Crippen LogP contribution in [0, 0.1) is 0 Å². The fourth-order valence-corrected chi connectivity index (χ4v) is 4.48. The summed E-state index contributed by atoms with van der Waals surface area (Å²) in [5.74, 6) is -0.224. The third-order valence-electron chi connectivity index (χ3n) is 6.14. The molecule has 2 amide bonds. The first-order valence-electron chi connectivity index (χ1n) is 13.4. The average molecular weight is 657 g/mol. The quantitative estimate of drug-likeness (QED) is 0.155. The van der Waals surface area contributed by atoms with Crippen LogP contribution in [0.4, 0.5) is 9.59 Å². The molecule has 0 radical (unpaired) electrons. The van der Waals surface area contributed by atoms with Gasteiger partial charge in [-0.15, -0.1) is 0 Å². The van der Waals surface area contributed by atoms with Gasteiger partial charge in [-0.2, -0.15) is 4.57 Å². The van der Waals surface area contributed by atoms with Crippen molar-refractivity contribution >= 4 is 18.2 Å². The van der Waals surface area contributed by atoms with E-state index in [1.807, 2.05) is 63.7 Å². The van der Waals surface area contributed by atoms with Crippen molar-refractivity contribution in [3.05, 3.63) is 41.3 Å². The summed E-state index contributed by atoms with van der Waals surface area (Å²) < 4.78 is 20.6. The maximum Gasteiger partial charge on any atom is 0.407 e. The molecule has 0 fully saturated rings. The van der Waals surface area contributed by atoms with Gasteiger partial charge in [0.25, 0.3) is 6.73 Å². The predicted octanol–water partition coefficient (Wildman–Crippen LogP) is 1.35. The number of esters is 1. The van der Waals surface area contributed by atoms with E-state index in [0.717, 1.165) is 60.3 Å². The molecule has 2 aromatic rings. The van der Waals surface area contributed by atoms with Crippen LogP contribution in [0.1, 0.15) is 77.1 Å². The van der Waals surface area contributed by atoms with Gasteiger partial charge in [-0.3, -0.25) is 4.79 Å². The Labute approximate surface area is 247 Å². The van der Waals surface area contributed by atoms with Gasteiger partial charge in [0.1, 0.15) is 13.2 Å². The van der Waals surface area contributed by atoms with Crippen molar-refractivity contribution in [3.63, 3.8) is 0 Å². The summed E-state index contributed by atoms with van der Waals surface area (Å²) in [6.07, 6.45) is 6.68. The fourth-order valence-electron chi connectivity index (χ4n) is 4.48. The summed E-state index contributed by atoms with van der Waals surface area (Å²) in [6, 6.07) is 3.77. The molecule has 0 saturated carbocycles. The lowest BCUT2D eigenvalue weighted by atomic mass is 10.0. The minimum atomic E-state index is -0.510. The van der Waals surface area contributed by atoms with E-state index in [-0.39, 0.29) is 62.0 Å². The number of fused-ring (bicyclic) bond motifs is 1.